The maximum absolute atomic E-state index is 6.46. The Kier molecular flexibility index (Phi) is 5.65. The highest BCUT2D eigenvalue weighted by Gasteiger charge is 2.27. The molecular formula is C16H26N2O2. The molecule has 4 nitrogen and oxygen atoms in total. The molecule has 20 heavy (non-hydrogen) atoms. The lowest BCUT2D eigenvalue weighted by atomic mass is 9.93. The number of aromatic nitrogens is 1. The lowest BCUT2D eigenvalue weighted by molar-refractivity contribution is 0.183. The van der Waals surface area contributed by atoms with Crippen molar-refractivity contribution in [3.8, 4) is 11.6 Å². The molecule has 0 unspecified atom stereocenters. The van der Waals surface area contributed by atoms with Crippen molar-refractivity contribution in [2.75, 3.05) is 13.2 Å². The van der Waals surface area contributed by atoms with Crippen molar-refractivity contribution in [1.82, 2.24) is 4.98 Å². The molecule has 0 atom stereocenters. The van der Waals surface area contributed by atoms with Gasteiger partial charge in [-0.15, -0.1) is 0 Å². The molecule has 0 bridgehead atoms. The molecule has 112 valence electrons. The van der Waals surface area contributed by atoms with E-state index in [2.05, 4.69) is 11.9 Å². The van der Waals surface area contributed by atoms with Gasteiger partial charge in [0.2, 0.25) is 0 Å². The van der Waals surface area contributed by atoms with Crippen LogP contribution in [0.1, 0.15) is 51.9 Å². The van der Waals surface area contributed by atoms with E-state index in [1.807, 2.05) is 12.1 Å². The molecule has 1 heterocycles. The lowest BCUT2D eigenvalue weighted by Gasteiger charge is -2.27. The van der Waals surface area contributed by atoms with E-state index in [1.54, 1.807) is 6.20 Å². The maximum atomic E-state index is 6.46. The van der Waals surface area contributed by atoms with E-state index in [0.29, 0.717) is 24.8 Å². The Morgan fingerprint density at radius 2 is 1.95 bits per heavy atom. The molecule has 0 radical (unpaired) electrons. The fourth-order valence-electron chi connectivity index (χ4n) is 2.60. The number of ether oxygens (including phenoxy) is 2. The highest BCUT2D eigenvalue weighted by Crippen LogP contribution is 2.28. The summed E-state index contributed by atoms with van der Waals surface area (Å²) in [6.45, 7) is 3.28. The van der Waals surface area contributed by atoms with Gasteiger partial charge in [-0.3, -0.25) is 0 Å². The van der Waals surface area contributed by atoms with Crippen molar-refractivity contribution in [2.24, 2.45) is 5.73 Å². The zero-order chi connectivity index (χ0) is 14.3. The standard InChI is InChI=1S/C16H26N2O2/c1-2-12-19-14-8-7-11-18-15(14)20-13-16(17)9-5-3-4-6-10-16/h7-8,11H,2-6,9-10,12-13,17H2,1H3. The summed E-state index contributed by atoms with van der Waals surface area (Å²) in [7, 11) is 0. The Morgan fingerprint density at radius 3 is 2.65 bits per heavy atom. The van der Waals surface area contributed by atoms with Crippen LogP contribution in [-0.2, 0) is 0 Å². The predicted molar refractivity (Wildman–Crippen MR) is 80.1 cm³/mol. The van der Waals surface area contributed by atoms with Gasteiger partial charge in [0.1, 0.15) is 6.61 Å². The first-order valence-corrected chi connectivity index (χ1v) is 7.73. The van der Waals surface area contributed by atoms with Gasteiger partial charge in [0, 0.05) is 6.20 Å². The van der Waals surface area contributed by atoms with E-state index in [0.717, 1.165) is 19.3 Å². The Balaban J connectivity index is 1.95. The van der Waals surface area contributed by atoms with Crippen LogP contribution in [-0.4, -0.2) is 23.7 Å². The zero-order valence-electron chi connectivity index (χ0n) is 12.4. The van der Waals surface area contributed by atoms with Gasteiger partial charge in [0.15, 0.2) is 5.75 Å². The average molecular weight is 278 g/mol. The largest absolute Gasteiger partial charge is 0.488 e. The van der Waals surface area contributed by atoms with Crippen LogP contribution in [0, 0.1) is 0 Å². The second-order valence-electron chi connectivity index (χ2n) is 5.72. The molecule has 4 heteroatoms. The fourth-order valence-corrected chi connectivity index (χ4v) is 2.60. The van der Waals surface area contributed by atoms with E-state index < -0.39 is 0 Å². The van der Waals surface area contributed by atoms with Crippen molar-refractivity contribution in [3.05, 3.63) is 18.3 Å². The Bertz CT molecular complexity index is 401. The molecule has 2 N–H and O–H groups in total. The smallest absolute Gasteiger partial charge is 0.257 e. The molecule has 2 rings (SSSR count). The van der Waals surface area contributed by atoms with Crippen molar-refractivity contribution < 1.29 is 9.47 Å². The maximum Gasteiger partial charge on any atom is 0.257 e. The third-order valence-corrected chi connectivity index (χ3v) is 3.79. The first-order valence-electron chi connectivity index (χ1n) is 7.73. The third kappa shape index (κ3) is 4.37. The molecule has 1 saturated carbocycles. The van der Waals surface area contributed by atoms with Crippen LogP contribution >= 0.6 is 0 Å². The molecule has 0 amide bonds. The first kappa shape index (κ1) is 15.1. The average Bonchev–Trinajstić information content (AvgIpc) is 2.69. The summed E-state index contributed by atoms with van der Waals surface area (Å²) in [6, 6.07) is 3.76. The quantitative estimate of drug-likeness (QED) is 0.811. The number of nitrogens with two attached hydrogens (primary N) is 1. The molecule has 1 fully saturated rings. The number of rotatable bonds is 6. The van der Waals surface area contributed by atoms with Gasteiger partial charge in [-0.1, -0.05) is 32.6 Å². The molecule has 0 aromatic carbocycles. The molecule has 1 aromatic rings. The monoisotopic (exact) mass is 278 g/mol. The van der Waals surface area contributed by atoms with Crippen LogP contribution in [0.25, 0.3) is 0 Å². The molecule has 1 aliphatic carbocycles. The number of hydrogen-bond donors (Lipinski definition) is 1. The fraction of sp³-hybridized carbons (Fsp3) is 0.688. The van der Waals surface area contributed by atoms with E-state index in [4.69, 9.17) is 15.2 Å². The second-order valence-corrected chi connectivity index (χ2v) is 5.72. The Labute approximate surface area is 121 Å². The minimum absolute atomic E-state index is 0.212. The summed E-state index contributed by atoms with van der Waals surface area (Å²) < 4.78 is 11.5. The molecular weight excluding hydrogens is 252 g/mol. The van der Waals surface area contributed by atoms with Gasteiger partial charge in [-0.05, 0) is 31.4 Å². The van der Waals surface area contributed by atoms with Crippen LogP contribution in [0.3, 0.4) is 0 Å². The number of nitrogens with zero attached hydrogens (tertiary/aromatic N) is 1. The van der Waals surface area contributed by atoms with Crippen molar-refractivity contribution in [2.45, 2.75) is 57.4 Å². The summed E-state index contributed by atoms with van der Waals surface area (Å²) in [5.41, 5.74) is 6.25. The van der Waals surface area contributed by atoms with E-state index in [-0.39, 0.29) is 5.54 Å². The summed E-state index contributed by atoms with van der Waals surface area (Å²) >= 11 is 0. The summed E-state index contributed by atoms with van der Waals surface area (Å²) in [5, 5.41) is 0. The summed E-state index contributed by atoms with van der Waals surface area (Å²) in [5.74, 6) is 1.28. The van der Waals surface area contributed by atoms with E-state index in [9.17, 15) is 0 Å². The third-order valence-electron chi connectivity index (χ3n) is 3.79. The Morgan fingerprint density at radius 1 is 1.20 bits per heavy atom. The second kappa shape index (κ2) is 7.48. The minimum atomic E-state index is -0.212. The predicted octanol–water partition coefficient (Wildman–Crippen LogP) is 3.30. The van der Waals surface area contributed by atoms with E-state index >= 15 is 0 Å². The summed E-state index contributed by atoms with van der Waals surface area (Å²) in [4.78, 5) is 4.27. The van der Waals surface area contributed by atoms with Crippen LogP contribution in [0.2, 0.25) is 0 Å². The molecule has 0 spiro atoms. The van der Waals surface area contributed by atoms with Gasteiger partial charge in [0.05, 0.1) is 12.1 Å². The van der Waals surface area contributed by atoms with Crippen LogP contribution in [0.4, 0.5) is 0 Å². The minimum Gasteiger partial charge on any atom is -0.488 e. The molecule has 0 aliphatic heterocycles. The van der Waals surface area contributed by atoms with Crippen LogP contribution in [0.5, 0.6) is 11.6 Å². The topological polar surface area (TPSA) is 57.4 Å². The number of pyridine rings is 1. The SMILES string of the molecule is CCCOc1cccnc1OCC1(N)CCCCCC1. The molecule has 1 aromatic heterocycles. The van der Waals surface area contributed by atoms with Gasteiger partial charge in [-0.25, -0.2) is 4.98 Å². The van der Waals surface area contributed by atoms with Crippen molar-refractivity contribution in [1.29, 1.82) is 0 Å². The van der Waals surface area contributed by atoms with E-state index in [1.165, 1.54) is 25.7 Å². The van der Waals surface area contributed by atoms with Gasteiger partial charge in [0.25, 0.3) is 5.88 Å². The lowest BCUT2D eigenvalue weighted by Crippen LogP contribution is -2.45. The highest BCUT2D eigenvalue weighted by molar-refractivity contribution is 5.32. The highest BCUT2D eigenvalue weighted by atomic mass is 16.5. The number of hydrogen-bond acceptors (Lipinski definition) is 4. The van der Waals surface area contributed by atoms with Crippen molar-refractivity contribution >= 4 is 0 Å². The molecule has 0 saturated heterocycles. The molecule has 1 aliphatic rings. The van der Waals surface area contributed by atoms with Crippen LogP contribution in [0.15, 0.2) is 18.3 Å². The van der Waals surface area contributed by atoms with Crippen LogP contribution < -0.4 is 15.2 Å². The van der Waals surface area contributed by atoms with Gasteiger partial charge >= 0.3 is 0 Å². The van der Waals surface area contributed by atoms with Crippen molar-refractivity contribution in [3.63, 3.8) is 0 Å². The normalized spacial score (nSPS) is 18.3. The van der Waals surface area contributed by atoms with Gasteiger partial charge < -0.3 is 15.2 Å². The summed E-state index contributed by atoms with van der Waals surface area (Å²) in [6.07, 6.45) is 9.72. The Hall–Kier alpha value is -1.29. The first-order chi connectivity index (χ1) is 9.73. The van der Waals surface area contributed by atoms with Gasteiger partial charge in [-0.2, -0.15) is 0 Å². The zero-order valence-corrected chi connectivity index (χ0v) is 12.4.